The number of hydrogen-bond acceptors (Lipinski definition) is 0. The van der Waals surface area contributed by atoms with Crippen molar-refractivity contribution < 1.29 is 94.0 Å². The molecule has 0 saturated heterocycles. The molecular weight excluding hydrogens is 298 g/mol. The van der Waals surface area contributed by atoms with Crippen LogP contribution in [-0.4, -0.2) is 0 Å². The van der Waals surface area contributed by atoms with Crippen molar-refractivity contribution in [1.82, 2.24) is 0 Å². The summed E-state index contributed by atoms with van der Waals surface area (Å²) in [6.45, 7) is 0. The van der Waals surface area contributed by atoms with E-state index in [1.165, 1.54) is 0 Å². The smallest absolute Gasteiger partial charge is 1.00 e. The van der Waals surface area contributed by atoms with Crippen LogP contribution in [0, 0.1) is 0 Å². The Morgan fingerprint density at radius 3 is 1.20 bits per heavy atom. The van der Waals surface area contributed by atoms with Crippen LogP contribution in [0.25, 0.3) is 0 Å². The molecule has 0 aliphatic rings. The molecule has 0 amide bonds. The van der Waals surface area contributed by atoms with Gasteiger partial charge in [0.05, 0.1) is 0 Å². The van der Waals surface area contributed by atoms with Crippen molar-refractivity contribution in [3.05, 3.63) is 0 Å². The minimum atomic E-state index is 0. The third kappa shape index (κ3) is 18.6. The van der Waals surface area contributed by atoms with E-state index < -0.39 is 0 Å². The summed E-state index contributed by atoms with van der Waals surface area (Å²) in [6, 6.07) is 0. The molecule has 0 aliphatic carbocycles. The molecule has 5 heteroatoms. The first-order valence-corrected chi connectivity index (χ1v) is 2.96. The van der Waals surface area contributed by atoms with E-state index in [0.717, 1.165) is 0 Å². The predicted molar refractivity (Wildman–Crippen MR) is 11.7 cm³/mol. The quantitative estimate of drug-likeness (QED) is 0.395. The maximum Gasteiger partial charge on any atom is 1.00 e. The maximum atomic E-state index is 4.70. The zero-order valence-electron chi connectivity index (χ0n) is 2.45. The predicted octanol–water partition coefficient (Wildman–Crippen LogP) is -4.62. The minimum Gasteiger partial charge on any atom is 1.00 e. The molecule has 0 N–H and O–H groups in total. The summed E-state index contributed by atoms with van der Waals surface area (Å²) in [5, 5.41) is 0. The summed E-state index contributed by atoms with van der Waals surface area (Å²) < 4.78 is 0. The van der Waals surface area contributed by atoms with Crippen LogP contribution < -0.4 is 81.3 Å². The van der Waals surface area contributed by atoms with Gasteiger partial charge < -0.3 is 12.4 Å². The molecule has 0 nitrogen and oxygen atoms in total. The van der Waals surface area contributed by atoms with Gasteiger partial charge in [0.1, 0.15) is 0 Å². The first kappa shape index (κ1) is 15.8. The molecule has 0 atom stereocenters. The van der Waals surface area contributed by atoms with E-state index in [1.807, 2.05) is 0 Å². The Bertz CT molecular complexity index is 6.85. The molecule has 0 radical (unpaired) electrons. The largest absolute Gasteiger partial charge is 1.00 e. The van der Waals surface area contributed by atoms with Crippen molar-refractivity contribution in [3.63, 3.8) is 0 Å². The van der Waals surface area contributed by atoms with Gasteiger partial charge in [0.15, 0.2) is 0 Å². The van der Waals surface area contributed by atoms with Gasteiger partial charge in [0, 0.05) is 0 Å². The van der Waals surface area contributed by atoms with Gasteiger partial charge in [0.2, 0.25) is 0 Å². The Morgan fingerprint density at radius 1 is 1.20 bits per heavy atom. The van der Waals surface area contributed by atoms with Crippen LogP contribution in [0.5, 0.6) is 0 Å². The van der Waals surface area contributed by atoms with E-state index in [9.17, 15) is 0 Å². The first-order valence-electron chi connectivity index (χ1n) is 0.239. The van der Waals surface area contributed by atoms with Crippen molar-refractivity contribution >= 4 is 20.4 Å². The second kappa shape index (κ2) is 15.7. The molecule has 0 fully saturated rings. The summed E-state index contributed by atoms with van der Waals surface area (Å²) in [5.74, 6) is 0. The van der Waals surface area contributed by atoms with E-state index >= 15 is 0 Å². The van der Waals surface area contributed by atoms with Crippen LogP contribution in [0.1, 0.15) is 0 Å². The van der Waals surface area contributed by atoms with Crippen LogP contribution in [0.15, 0.2) is 0 Å². The summed E-state index contributed by atoms with van der Waals surface area (Å²) >= 11 is 0.569. The molecule has 0 heterocycles. The average molecular weight is 298 g/mol. The van der Waals surface area contributed by atoms with E-state index in [-0.39, 0.29) is 81.3 Å². The molecule has 0 aliphatic heterocycles. The van der Waals surface area contributed by atoms with E-state index in [0.29, 0.717) is 12.7 Å². The molecule has 0 bridgehead atoms. The van der Waals surface area contributed by atoms with Crippen LogP contribution in [0.4, 0.5) is 0 Å². The molecule has 0 spiro atoms. The monoisotopic (exact) mass is 296 g/mol. The van der Waals surface area contributed by atoms with Crippen LogP contribution >= 0.6 is 20.4 Å². The van der Waals surface area contributed by atoms with Crippen molar-refractivity contribution in [1.29, 1.82) is 0 Å². The molecule has 5 heavy (non-hydrogen) atoms. The third-order valence-corrected chi connectivity index (χ3v) is 0. The zero-order chi connectivity index (χ0) is 2.71. The Balaban J connectivity index is -0.0000000200. The fourth-order valence-corrected chi connectivity index (χ4v) is 0. The van der Waals surface area contributed by atoms with E-state index in [2.05, 4.69) is 0 Å². The SMILES string of the molecule is [Cl-].[Cl][Ni][Cl].[Cs+]. The van der Waals surface area contributed by atoms with Gasteiger partial charge in [-0.1, -0.05) is 0 Å². The van der Waals surface area contributed by atoms with Gasteiger partial charge in [0.25, 0.3) is 0 Å². The van der Waals surface area contributed by atoms with Gasteiger partial charge in [-0.3, -0.25) is 0 Å². The first-order chi connectivity index (χ1) is 1.41. The molecule has 0 aromatic carbocycles. The summed E-state index contributed by atoms with van der Waals surface area (Å²) in [6.07, 6.45) is 0. The van der Waals surface area contributed by atoms with Crippen molar-refractivity contribution in [3.8, 4) is 0 Å². The Hall–Kier alpha value is 3.42. The normalized spacial score (nSPS) is 4.40. The zero-order valence-corrected chi connectivity index (χ0v) is 12.0. The molecule has 0 aromatic heterocycles. The fraction of sp³-hybridized carbons (Fsp3) is 0. The van der Waals surface area contributed by atoms with E-state index in [1.54, 1.807) is 0 Å². The summed E-state index contributed by atoms with van der Waals surface area (Å²) in [4.78, 5) is 0. The molecular formula is Cl3CsNi. The topological polar surface area (TPSA) is 0 Å². The standard InChI is InChI=1S/3ClH.Cs.Ni/h3*1H;;/q;;;+1;+2/p-3. The third-order valence-electron chi connectivity index (χ3n) is 0. The van der Waals surface area contributed by atoms with Gasteiger partial charge in [-0.15, -0.1) is 0 Å². The molecule has 0 unspecified atom stereocenters. The van der Waals surface area contributed by atoms with Gasteiger partial charge in [-0.2, -0.15) is 0 Å². The van der Waals surface area contributed by atoms with Crippen molar-refractivity contribution in [2.45, 2.75) is 0 Å². The number of rotatable bonds is 0. The molecule has 0 rings (SSSR count). The van der Waals surface area contributed by atoms with Crippen LogP contribution in [0.2, 0.25) is 0 Å². The van der Waals surface area contributed by atoms with E-state index in [4.69, 9.17) is 20.4 Å². The minimum absolute atomic E-state index is 0. The second-order valence-corrected chi connectivity index (χ2v) is 1.68. The maximum absolute atomic E-state index is 4.70. The Morgan fingerprint density at radius 2 is 1.20 bits per heavy atom. The average Bonchev–Trinajstić information content (AvgIpc) is 0.918. The molecule has 0 aromatic rings. The second-order valence-electron chi connectivity index (χ2n) is 0.0452. The van der Waals surface area contributed by atoms with Gasteiger partial charge in [-0.05, 0) is 0 Å². The molecule has 32 valence electrons. The van der Waals surface area contributed by atoms with Gasteiger partial charge >= 0.3 is 102 Å². The van der Waals surface area contributed by atoms with Crippen LogP contribution in [-0.2, 0) is 12.7 Å². The summed E-state index contributed by atoms with van der Waals surface area (Å²) in [7, 11) is 9.40. The Labute approximate surface area is 111 Å². The number of hydrogen-bond donors (Lipinski definition) is 0. The fourth-order valence-electron chi connectivity index (χ4n) is 0. The molecule has 0 saturated carbocycles. The van der Waals surface area contributed by atoms with Crippen molar-refractivity contribution in [2.75, 3.05) is 0 Å². The number of halogens is 3. The van der Waals surface area contributed by atoms with Gasteiger partial charge in [-0.25, -0.2) is 0 Å². The Kier molecular flexibility index (Phi) is 49.4. The van der Waals surface area contributed by atoms with Crippen LogP contribution in [0.3, 0.4) is 0 Å². The summed E-state index contributed by atoms with van der Waals surface area (Å²) in [5.41, 5.74) is 0. The van der Waals surface area contributed by atoms with Crippen molar-refractivity contribution in [2.24, 2.45) is 0 Å².